The molecule has 0 saturated carbocycles. The largest absolute Gasteiger partial charge is 0.479 e. The van der Waals surface area contributed by atoms with E-state index in [1.54, 1.807) is 0 Å². The van der Waals surface area contributed by atoms with Gasteiger partial charge >= 0.3 is 5.97 Å². The second-order valence-electron chi connectivity index (χ2n) is 11.8. The van der Waals surface area contributed by atoms with Crippen LogP contribution < -0.4 is 5.73 Å². The average molecular weight is 724 g/mol. The topological polar surface area (TPSA) is 380 Å². The number of aliphatic carboxylic acids is 1. The number of carboxylic acid groups (broad SMARTS) is 1. The van der Waals surface area contributed by atoms with Crippen LogP contribution in [0.25, 0.3) is 0 Å². The maximum Gasteiger partial charge on any atom is 0.335 e. The van der Waals surface area contributed by atoms with Gasteiger partial charge in [0.05, 0.1) is 26.4 Å². The van der Waals surface area contributed by atoms with Crippen LogP contribution in [0.1, 0.15) is 0 Å². The van der Waals surface area contributed by atoms with Gasteiger partial charge in [-0.15, -0.1) is 0 Å². The van der Waals surface area contributed by atoms with E-state index < -0.39 is 149 Å². The van der Waals surface area contributed by atoms with Crippen molar-refractivity contribution < 1.29 is 109 Å². The molecule has 286 valence electrons. The molecule has 20 atom stereocenters. The Labute approximate surface area is 277 Å². The molecular weight excluding hydrogens is 678 g/mol. The minimum Gasteiger partial charge on any atom is -0.479 e. The summed E-state index contributed by atoms with van der Waals surface area (Å²) >= 11 is 0. The number of rotatable bonds is 13. The van der Waals surface area contributed by atoms with Crippen molar-refractivity contribution in [1.29, 1.82) is 0 Å². The average Bonchev–Trinajstić information content (AvgIpc) is 3.08. The lowest BCUT2D eigenvalue weighted by Crippen LogP contribution is -2.68. The van der Waals surface area contributed by atoms with E-state index in [2.05, 4.69) is 0 Å². The van der Waals surface area contributed by atoms with Gasteiger partial charge in [0.1, 0.15) is 91.6 Å². The van der Waals surface area contributed by atoms with Gasteiger partial charge in [-0.05, 0) is 0 Å². The molecule has 11 unspecified atom stereocenters. The van der Waals surface area contributed by atoms with Gasteiger partial charge in [-0.1, -0.05) is 0 Å². The molecule has 0 aromatic rings. The highest BCUT2D eigenvalue weighted by atomic mass is 16.8. The van der Waals surface area contributed by atoms with Crippen LogP contribution in [0.15, 0.2) is 0 Å². The van der Waals surface area contributed by atoms with Gasteiger partial charge in [0.15, 0.2) is 31.3 Å². The number of carboxylic acids is 1. The molecule has 4 heterocycles. The molecule has 0 amide bonds. The van der Waals surface area contributed by atoms with Crippen molar-refractivity contribution in [3.05, 3.63) is 0 Å². The Kier molecular flexibility index (Phi) is 14.4. The first-order chi connectivity index (χ1) is 23.2. The minimum atomic E-state index is -2.21. The van der Waals surface area contributed by atoms with Crippen molar-refractivity contribution in [1.82, 2.24) is 0 Å². The van der Waals surface area contributed by atoms with E-state index in [0.29, 0.717) is 0 Å². The number of carbonyl (C=O) groups is 1. The molecule has 0 spiro atoms. The van der Waals surface area contributed by atoms with Crippen LogP contribution in [-0.2, 0) is 42.7 Å². The Balaban J connectivity index is 1.45. The summed E-state index contributed by atoms with van der Waals surface area (Å²) in [5.74, 6) is -1.80. The van der Waals surface area contributed by atoms with E-state index in [9.17, 15) is 71.2 Å². The second-order valence-corrected chi connectivity index (χ2v) is 11.8. The Bertz CT molecular complexity index is 1040. The summed E-state index contributed by atoms with van der Waals surface area (Å²) in [6.07, 6.45) is -37.1. The lowest BCUT2D eigenvalue weighted by atomic mass is 9.95. The van der Waals surface area contributed by atoms with Gasteiger partial charge in [0.2, 0.25) is 0 Å². The van der Waals surface area contributed by atoms with Crippen molar-refractivity contribution >= 4 is 5.97 Å². The molecule has 23 nitrogen and oxygen atoms in total. The summed E-state index contributed by atoms with van der Waals surface area (Å²) in [5.41, 5.74) is 5.36. The van der Waals surface area contributed by atoms with Gasteiger partial charge < -0.3 is 110 Å². The van der Waals surface area contributed by atoms with E-state index in [4.69, 9.17) is 43.6 Å². The van der Waals surface area contributed by atoms with Crippen molar-refractivity contribution in [2.45, 2.75) is 123 Å². The molecule has 0 aromatic heterocycles. The molecule has 0 bridgehead atoms. The van der Waals surface area contributed by atoms with Gasteiger partial charge in [0.25, 0.3) is 0 Å². The summed E-state index contributed by atoms with van der Waals surface area (Å²) < 4.78 is 43.0. The maximum absolute atomic E-state index is 12.2. The summed E-state index contributed by atoms with van der Waals surface area (Å²) in [7, 11) is 0. The highest BCUT2D eigenvalue weighted by molar-refractivity contribution is 5.73. The van der Waals surface area contributed by atoms with Crippen LogP contribution >= 0.6 is 0 Å². The van der Waals surface area contributed by atoms with Gasteiger partial charge in [0, 0.05) is 6.54 Å². The van der Waals surface area contributed by atoms with Crippen molar-refractivity contribution in [2.75, 3.05) is 33.0 Å². The fraction of sp³-hybridized carbons (Fsp3) is 0.962. The predicted octanol–water partition coefficient (Wildman–Crippen LogP) is -9.67. The van der Waals surface area contributed by atoms with E-state index in [0.717, 1.165) is 0 Å². The van der Waals surface area contributed by atoms with Crippen molar-refractivity contribution in [3.63, 3.8) is 0 Å². The molecule has 4 aliphatic rings. The lowest BCUT2D eigenvalue weighted by molar-refractivity contribution is -0.385. The number of hydrogen-bond donors (Lipinski definition) is 14. The van der Waals surface area contributed by atoms with Crippen LogP contribution in [-0.4, -0.2) is 228 Å². The van der Waals surface area contributed by atoms with Gasteiger partial charge in [-0.25, -0.2) is 4.79 Å². The lowest BCUT2D eigenvalue weighted by Gasteiger charge is -2.48. The number of nitrogens with two attached hydrogens (primary N) is 1. The molecule has 15 N–H and O–H groups in total. The molecule has 4 rings (SSSR count). The van der Waals surface area contributed by atoms with Gasteiger partial charge in [-0.3, -0.25) is 0 Å². The van der Waals surface area contributed by atoms with Crippen molar-refractivity contribution in [2.24, 2.45) is 5.73 Å². The summed E-state index contributed by atoms with van der Waals surface area (Å²) in [6.45, 7) is -2.64. The third kappa shape index (κ3) is 8.48. The molecule has 49 heavy (non-hydrogen) atoms. The Hall–Kier alpha value is -1.37. The first-order valence-electron chi connectivity index (χ1n) is 15.3. The zero-order valence-electron chi connectivity index (χ0n) is 25.6. The smallest absolute Gasteiger partial charge is 0.335 e. The van der Waals surface area contributed by atoms with Crippen LogP contribution in [0.4, 0.5) is 0 Å². The van der Waals surface area contributed by atoms with E-state index >= 15 is 0 Å². The molecule has 23 heteroatoms. The highest BCUT2D eigenvalue weighted by Crippen LogP contribution is 2.34. The normalized spacial score (nSPS) is 49.5. The maximum atomic E-state index is 12.2. The first-order valence-corrected chi connectivity index (χ1v) is 15.3. The Morgan fingerprint density at radius 1 is 0.510 bits per heavy atom. The molecule has 4 saturated heterocycles. The summed E-state index contributed by atoms with van der Waals surface area (Å²) in [6, 6.07) is 0. The first kappa shape index (κ1) is 40.4. The molecule has 0 radical (unpaired) electrons. The third-order valence-corrected chi connectivity index (χ3v) is 8.55. The molecule has 4 aliphatic heterocycles. The monoisotopic (exact) mass is 723 g/mol. The molecule has 4 fully saturated rings. The quantitative estimate of drug-likeness (QED) is 0.0838. The fourth-order valence-corrected chi connectivity index (χ4v) is 5.82. The number of aliphatic hydroxyl groups excluding tert-OH is 12. The van der Waals surface area contributed by atoms with E-state index in [1.165, 1.54) is 0 Å². The Morgan fingerprint density at radius 3 is 1.37 bits per heavy atom. The van der Waals surface area contributed by atoms with E-state index in [1.807, 2.05) is 0 Å². The summed E-state index contributed by atoms with van der Waals surface area (Å²) in [4.78, 5) is 12.2. The fourth-order valence-electron chi connectivity index (χ4n) is 5.82. The minimum absolute atomic E-state index is 0.0330. The molecular formula is C26H45NO22. The predicted molar refractivity (Wildman–Crippen MR) is 147 cm³/mol. The molecule has 0 aromatic carbocycles. The summed E-state index contributed by atoms with van der Waals surface area (Å²) in [5, 5.41) is 134. The zero-order chi connectivity index (χ0) is 36.3. The number of aliphatic hydroxyl groups is 12. The van der Waals surface area contributed by atoms with Crippen LogP contribution in [0.2, 0.25) is 0 Å². The highest BCUT2D eigenvalue weighted by Gasteiger charge is 2.56. The SMILES string of the molecule is NCCO[C@@H]1OC(CO)[C@@H](O[C@@H]2OC(C(=O)O)[C@@H](O[C@H]3OC(CO)[C@H](O[C@H]4OC(CO)[C@@H](O)[C@H](O)C4O)C(O)C3O)C(O)C2O)C(O)C1O. The van der Waals surface area contributed by atoms with Crippen LogP contribution in [0.5, 0.6) is 0 Å². The second kappa shape index (κ2) is 17.4. The standard InChI is InChI=1S/C26H45NO22/c27-1-2-42-23-15(37)11(33)18(7(4-29)44-23)47-26-17(39)13(35)20(21(49-26)22(40)41)48-25-16(38)12(34)19(8(5-30)45-25)46-24-14(36)10(32)9(31)6(3-28)43-24/h6-21,23-26,28-39H,1-5,27H2,(H,40,41)/t6?,7?,8?,9-,10+,11?,12?,13?,14?,15?,16?,17?,18-,19+,20+,21?,23-,24-,25-,26-/m1/s1. The number of ether oxygens (including phenoxy) is 8. The van der Waals surface area contributed by atoms with E-state index in [-0.39, 0.29) is 13.2 Å². The third-order valence-electron chi connectivity index (χ3n) is 8.55. The zero-order valence-corrected chi connectivity index (χ0v) is 25.6. The van der Waals surface area contributed by atoms with Crippen molar-refractivity contribution in [3.8, 4) is 0 Å². The van der Waals surface area contributed by atoms with Crippen LogP contribution in [0.3, 0.4) is 0 Å². The Morgan fingerprint density at radius 2 is 0.898 bits per heavy atom. The number of hydrogen-bond acceptors (Lipinski definition) is 22. The van der Waals surface area contributed by atoms with Gasteiger partial charge in [-0.2, -0.15) is 0 Å². The molecule has 0 aliphatic carbocycles. The van der Waals surface area contributed by atoms with Crippen LogP contribution in [0, 0.1) is 0 Å².